The number of rotatable bonds is 5. The predicted molar refractivity (Wildman–Crippen MR) is 92.6 cm³/mol. The number of pyridine rings is 1. The van der Waals surface area contributed by atoms with E-state index in [1.165, 1.54) is 18.3 Å². The Morgan fingerprint density at radius 2 is 2.07 bits per heavy atom. The van der Waals surface area contributed by atoms with Crippen molar-refractivity contribution in [2.24, 2.45) is 0 Å². The quantitative estimate of drug-likeness (QED) is 0.506. The van der Waals surface area contributed by atoms with Crippen LogP contribution in [0.5, 0.6) is 6.01 Å². The summed E-state index contributed by atoms with van der Waals surface area (Å²) in [7, 11) is 0. The van der Waals surface area contributed by atoms with Gasteiger partial charge in [-0.15, -0.1) is 0 Å². The van der Waals surface area contributed by atoms with Gasteiger partial charge in [-0.2, -0.15) is 0 Å². The van der Waals surface area contributed by atoms with Crippen LogP contribution in [0.2, 0.25) is 0 Å². The first kappa shape index (κ1) is 17.1. The molecular weight excluding hydrogens is 355 g/mol. The Morgan fingerprint density at radius 3 is 2.85 bits per heavy atom. The lowest BCUT2D eigenvalue weighted by Gasteiger charge is -2.22. The summed E-state index contributed by atoms with van der Waals surface area (Å²) < 4.78 is 25.9. The third-order valence-corrected chi connectivity index (χ3v) is 4.13. The minimum Gasteiger partial charge on any atom is -0.443 e. The van der Waals surface area contributed by atoms with E-state index in [0.717, 1.165) is 17.0 Å². The Hall–Kier alpha value is -3.33. The number of benzene rings is 1. The molecule has 1 atom stereocenters. The maximum atomic E-state index is 13.1. The molecule has 1 aromatic carbocycles. The van der Waals surface area contributed by atoms with Gasteiger partial charge in [0.05, 0.1) is 24.5 Å². The van der Waals surface area contributed by atoms with Crippen LogP contribution in [-0.2, 0) is 17.9 Å². The van der Waals surface area contributed by atoms with Gasteiger partial charge in [0.25, 0.3) is 0 Å². The highest BCUT2D eigenvalue weighted by atomic mass is 19.1. The van der Waals surface area contributed by atoms with Crippen molar-refractivity contribution in [3.05, 3.63) is 70.3 Å². The van der Waals surface area contributed by atoms with Crippen LogP contribution in [0.1, 0.15) is 5.69 Å². The summed E-state index contributed by atoms with van der Waals surface area (Å²) in [6, 6.07) is 11.9. The molecule has 0 radical (unpaired) electrons. The molecule has 0 spiro atoms. The highest BCUT2D eigenvalue weighted by Gasteiger charge is 2.28. The highest BCUT2D eigenvalue weighted by Crippen LogP contribution is 2.23. The molecule has 3 aromatic rings. The van der Waals surface area contributed by atoms with E-state index in [9.17, 15) is 14.5 Å². The number of hydrogen-bond acceptors (Lipinski definition) is 6. The van der Waals surface area contributed by atoms with E-state index in [1.807, 2.05) is 18.2 Å². The van der Waals surface area contributed by atoms with Crippen molar-refractivity contribution >= 4 is 5.82 Å². The summed E-state index contributed by atoms with van der Waals surface area (Å²) in [6.07, 6.45) is 1.06. The largest absolute Gasteiger partial charge is 0.443 e. The number of nitrogens with zero attached hydrogens (tertiary/aromatic N) is 4. The topological polar surface area (TPSA) is 92.3 Å². The average Bonchev–Trinajstić information content (AvgIpc) is 3.11. The van der Waals surface area contributed by atoms with E-state index >= 15 is 0 Å². The molecular formula is C18H15FN4O4. The van der Waals surface area contributed by atoms with Gasteiger partial charge in [-0.1, -0.05) is 6.07 Å². The Labute approximate surface area is 153 Å². The lowest BCUT2D eigenvalue weighted by molar-refractivity contribution is -0.389. The zero-order chi connectivity index (χ0) is 18.8. The molecule has 4 rings (SSSR count). The number of hydrogen-bond donors (Lipinski definition) is 0. The number of aromatic nitrogens is 3. The molecule has 8 nitrogen and oxygen atoms in total. The van der Waals surface area contributed by atoms with Gasteiger partial charge < -0.3 is 19.6 Å². The van der Waals surface area contributed by atoms with Crippen molar-refractivity contribution in [3.8, 4) is 17.3 Å². The molecule has 0 saturated heterocycles. The minimum absolute atomic E-state index is 0.220. The molecule has 138 valence electrons. The molecule has 0 bridgehead atoms. The van der Waals surface area contributed by atoms with Crippen LogP contribution < -0.4 is 4.74 Å². The second-order valence-electron chi connectivity index (χ2n) is 6.06. The Bertz CT molecular complexity index is 974. The van der Waals surface area contributed by atoms with Crippen LogP contribution in [0.3, 0.4) is 0 Å². The zero-order valence-electron chi connectivity index (χ0n) is 14.1. The number of imidazole rings is 1. The molecule has 9 heteroatoms. The second kappa shape index (κ2) is 7.12. The van der Waals surface area contributed by atoms with Crippen LogP contribution in [0.4, 0.5) is 10.2 Å². The molecule has 1 aliphatic rings. The molecule has 0 amide bonds. The fourth-order valence-electron chi connectivity index (χ4n) is 2.80. The van der Waals surface area contributed by atoms with Crippen LogP contribution in [0.25, 0.3) is 11.3 Å². The predicted octanol–water partition coefficient (Wildman–Crippen LogP) is 2.97. The number of nitro groups is 1. The molecule has 0 N–H and O–H groups in total. The molecule has 0 fully saturated rings. The molecule has 0 unspecified atom stereocenters. The van der Waals surface area contributed by atoms with Gasteiger partial charge in [0.1, 0.15) is 24.7 Å². The third kappa shape index (κ3) is 3.77. The fraction of sp³-hybridized carbons (Fsp3) is 0.222. The van der Waals surface area contributed by atoms with Crippen LogP contribution >= 0.6 is 0 Å². The highest BCUT2D eigenvalue weighted by molar-refractivity contribution is 5.58. The number of fused-ring (bicyclic) bond motifs is 1. The van der Waals surface area contributed by atoms with Gasteiger partial charge in [0.15, 0.2) is 0 Å². The van der Waals surface area contributed by atoms with Gasteiger partial charge in [0, 0.05) is 10.5 Å². The van der Waals surface area contributed by atoms with Crippen LogP contribution in [-0.4, -0.2) is 32.2 Å². The lowest BCUT2D eigenvalue weighted by atomic mass is 10.1. The fourth-order valence-corrected chi connectivity index (χ4v) is 2.80. The summed E-state index contributed by atoms with van der Waals surface area (Å²) in [6.45, 7) is 0.925. The standard InChI is InChI=1S/C18H15FN4O4/c19-13-6-4-12(5-7-13)16-3-1-2-14(20-16)10-26-15-8-22-9-17(23(24)25)21-18(22)27-11-15/h1-7,9,15H,8,10-11H2/t15-/m1/s1. The monoisotopic (exact) mass is 370 g/mol. The Balaban J connectivity index is 1.41. The van der Waals surface area contributed by atoms with E-state index in [-0.39, 0.29) is 37.0 Å². The van der Waals surface area contributed by atoms with Gasteiger partial charge in [-0.05, 0) is 41.3 Å². The average molecular weight is 370 g/mol. The van der Waals surface area contributed by atoms with Gasteiger partial charge in [-0.25, -0.2) is 4.39 Å². The van der Waals surface area contributed by atoms with E-state index in [0.29, 0.717) is 6.54 Å². The molecule has 2 aromatic heterocycles. The zero-order valence-corrected chi connectivity index (χ0v) is 14.1. The van der Waals surface area contributed by atoms with Gasteiger partial charge in [-0.3, -0.25) is 9.55 Å². The summed E-state index contributed by atoms with van der Waals surface area (Å²) in [5.41, 5.74) is 2.26. The van der Waals surface area contributed by atoms with Crippen LogP contribution in [0, 0.1) is 15.9 Å². The van der Waals surface area contributed by atoms with Crippen LogP contribution in [0.15, 0.2) is 48.7 Å². The molecule has 3 heterocycles. The molecule has 0 saturated carbocycles. The molecule has 0 aliphatic carbocycles. The maximum Gasteiger partial charge on any atom is 0.414 e. The van der Waals surface area contributed by atoms with E-state index in [2.05, 4.69) is 9.97 Å². The first-order valence-corrected chi connectivity index (χ1v) is 8.26. The summed E-state index contributed by atoms with van der Waals surface area (Å²) in [4.78, 5) is 18.6. The number of halogens is 1. The van der Waals surface area contributed by atoms with Crippen molar-refractivity contribution in [2.45, 2.75) is 19.3 Å². The Morgan fingerprint density at radius 1 is 1.26 bits per heavy atom. The van der Waals surface area contributed by atoms with E-state index in [1.54, 1.807) is 16.7 Å². The Kier molecular flexibility index (Phi) is 4.51. The van der Waals surface area contributed by atoms with Crippen molar-refractivity contribution in [2.75, 3.05) is 6.61 Å². The molecule has 1 aliphatic heterocycles. The van der Waals surface area contributed by atoms with Crippen molar-refractivity contribution in [3.63, 3.8) is 0 Å². The maximum absolute atomic E-state index is 13.1. The van der Waals surface area contributed by atoms with E-state index < -0.39 is 4.92 Å². The third-order valence-electron chi connectivity index (χ3n) is 4.13. The SMILES string of the molecule is O=[N+]([O-])c1cn2c(n1)OC[C@H](OCc1cccc(-c3ccc(F)cc3)n1)C2. The van der Waals surface area contributed by atoms with Crippen molar-refractivity contribution in [1.82, 2.24) is 14.5 Å². The summed E-state index contributed by atoms with van der Waals surface area (Å²) in [5, 5.41) is 10.8. The summed E-state index contributed by atoms with van der Waals surface area (Å²) in [5.74, 6) is -0.547. The lowest BCUT2D eigenvalue weighted by Crippen LogP contribution is -2.32. The van der Waals surface area contributed by atoms with Crippen molar-refractivity contribution in [1.29, 1.82) is 0 Å². The molecule has 27 heavy (non-hydrogen) atoms. The smallest absolute Gasteiger partial charge is 0.414 e. The first-order valence-electron chi connectivity index (χ1n) is 8.26. The minimum atomic E-state index is -0.560. The van der Waals surface area contributed by atoms with Gasteiger partial charge >= 0.3 is 11.8 Å². The van der Waals surface area contributed by atoms with Gasteiger partial charge in [0.2, 0.25) is 0 Å². The number of ether oxygens (including phenoxy) is 2. The normalized spacial score (nSPS) is 15.8. The van der Waals surface area contributed by atoms with Crippen molar-refractivity contribution < 1.29 is 18.8 Å². The summed E-state index contributed by atoms with van der Waals surface area (Å²) >= 11 is 0. The van der Waals surface area contributed by atoms with E-state index in [4.69, 9.17) is 9.47 Å². The first-order chi connectivity index (χ1) is 13.1. The second-order valence-corrected chi connectivity index (χ2v) is 6.06.